The first-order valence-corrected chi connectivity index (χ1v) is 9.72. The fourth-order valence-corrected chi connectivity index (χ4v) is 4.14. The van der Waals surface area contributed by atoms with Crippen molar-refractivity contribution in [3.63, 3.8) is 0 Å². The molecule has 1 atom stereocenters. The molecule has 1 aliphatic rings. The summed E-state index contributed by atoms with van der Waals surface area (Å²) in [4.78, 5) is 17.8. The zero-order chi connectivity index (χ0) is 17.8. The molecule has 1 saturated heterocycles. The van der Waals surface area contributed by atoms with E-state index in [9.17, 15) is 4.79 Å². The Kier molecular flexibility index (Phi) is 5.08. The van der Waals surface area contributed by atoms with Crippen LogP contribution in [0.25, 0.3) is 5.69 Å². The summed E-state index contributed by atoms with van der Waals surface area (Å²) in [5.74, 6) is -0.187. The molecular formula is C19H21N5OS. The number of para-hydroxylation sites is 1. The third-order valence-corrected chi connectivity index (χ3v) is 5.59. The molecule has 0 unspecified atom stereocenters. The minimum Gasteiger partial charge on any atom is -0.349 e. The number of amides is 1. The number of likely N-dealkylation sites (tertiary alicyclic amines) is 1. The first-order valence-electron chi connectivity index (χ1n) is 8.85. The van der Waals surface area contributed by atoms with Crippen molar-refractivity contribution in [3.05, 3.63) is 64.6 Å². The predicted molar refractivity (Wildman–Crippen MR) is 102 cm³/mol. The second-order valence-corrected chi connectivity index (χ2v) is 7.32. The Morgan fingerprint density at radius 1 is 1.15 bits per heavy atom. The minimum absolute atomic E-state index is 0.187. The number of carbonyl (C=O) groups is 1. The lowest BCUT2D eigenvalue weighted by Gasteiger charge is -2.26. The highest BCUT2D eigenvalue weighted by molar-refractivity contribution is 7.10. The molecule has 0 saturated carbocycles. The summed E-state index contributed by atoms with van der Waals surface area (Å²) in [6.07, 6.45) is 3.96. The number of hydrogen-bond acceptors (Lipinski definition) is 5. The van der Waals surface area contributed by atoms with E-state index in [1.54, 1.807) is 11.3 Å². The van der Waals surface area contributed by atoms with E-state index in [4.69, 9.17) is 0 Å². The fourth-order valence-electron chi connectivity index (χ4n) is 3.28. The van der Waals surface area contributed by atoms with E-state index in [2.05, 4.69) is 37.9 Å². The van der Waals surface area contributed by atoms with E-state index in [1.807, 2.05) is 30.3 Å². The summed E-state index contributed by atoms with van der Waals surface area (Å²) in [7, 11) is 0. The Bertz CT molecular complexity index is 840. The lowest BCUT2D eigenvalue weighted by Crippen LogP contribution is -2.36. The molecule has 0 spiro atoms. The monoisotopic (exact) mass is 367 g/mol. The maximum absolute atomic E-state index is 12.5. The van der Waals surface area contributed by atoms with Gasteiger partial charge in [-0.05, 0) is 49.5 Å². The zero-order valence-electron chi connectivity index (χ0n) is 14.4. The molecule has 3 heterocycles. The van der Waals surface area contributed by atoms with Gasteiger partial charge in [0.15, 0.2) is 5.69 Å². The summed E-state index contributed by atoms with van der Waals surface area (Å²) in [6.45, 7) is 2.75. The molecule has 6 nitrogen and oxygen atoms in total. The second-order valence-electron chi connectivity index (χ2n) is 6.34. The maximum Gasteiger partial charge on any atom is 0.273 e. The van der Waals surface area contributed by atoms with Crippen molar-refractivity contribution in [2.75, 3.05) is 19.6 Å². The van der Waals surface area contributed by atoms with Crippen molar-refractivity contribution in [2.24, 2.45) is 0 Å². The van der Waals surface area contributed by atoms with Gasteiger partial charge < -0.3 is 5.32 Å². The summed E-state index contributed by atoms with van der Waals surface area (Å²) < 4.78 is 0. The van der Waals surface area contributed by atoms with Gasteiger partial charge in [0.2, 0.25) is 0 Å². The standard InChI is InChI=1S/C19H21N5OS/c25-19(16-13-21-24(22-16)15-7-2-1-3-8-15)20-14-17(18-9-6-12-26-18)23-10-4-5-11-23/h1-3,6-9,12-13,17H,4-5,10-11,14H2,(H,20,25)/t17-/m0/s1. The second kappa shape index (κ2) is 7.80. The van der Waals surface area contributed by atoms with Crippen LogP contribution in [-0.4, -0.2) is 45.4 Å². The Balaban J connectivity index is 1.43. The Hall–Kier alpha value is -2.51. The van der Waals surface area contributed by atoms with E-state index in [0.717, 1.165) is 18.8 Å². The average molecular weight is 367 g/mol. The third kappa shape index (κ3) is 3.68. The summed E-state index contributed by atoms with van der Waals surface area (Å²) in [6, 6.07) is 14.0. The molecule has 1 N–H and O–H groups in total. The van der Waals surface area contributed by atoms with E-state index < -0.39 is 0 Å². The van der Waals surface area contributed by atoms with Gasteiger partial charge in [0.1, 0.15) is 0 Å². The largest absolute Gasteiger partial charge is 0.349 e. The van der Waals surface area contributed by atoms with Crippen LogP contribution in [0.2, 0.25) is 0 Å². The summed E-state index contributed by atoms with van der Waals surface area (Å²) in [5, 5.41) is 13.6. The number of aromatic nitrogens is 3. The number of nitrogens with one attached hydrogen (secondary N) is 1. The molecule has 1 amide bonds. The van der Waals surface area contributed by atoms with Crippen LogP contribution in [0.1, 0.15) is 34.2 Å². The van der Waals surface area contributed by atoms with Gasteiger partial charge >= 0.3 is 0 Å². The molecule has 1 fully saturated rings. The van der Waals surface area contributed by atoms with Crippen LogP contribution in [0.5, 0.6) is 0 Å². The molecule has 1 aromatic carbocycles. The van der Waals surface area contributed by atoms with Gasteiger partial charge in [0, 0.05) is 11.4 Å². The highest BCUT2D eigenvalue weighted by atomic mass is 32.1. The van der Waals surface area contributed by atoms with E-state index in [1.165, 1.54) is 28.7 Å². The van der Waals surface area contributed by atoms with Gasteiger partial charge in [0.05, 0.1) is 17.9 Å². The van der Waals surface area contributed by atoms with Gasteiger partial charge in [-0.3, -0.25) is 9.69 Å². The molecule has 0 radical (unpaired) electrons. The first-order chi connectivity index (χ1) is 12.8. The first kappa shape index (κ1) is 16.9. The van der Waals surface area contributed by atoms with Crippen molar-refractivity contribution in [2.45, 2.75) is 18.9 Å². The van der Waals surface area contributed by atoms with Crippen molar-refractivity contribution in [1.82, 2.24) is 25.2 Å². The predicted octanol–water partition coefficient (Wildman–Crippen LogP) is 2.90. The van der Waals surface area contributed by atoms with Crippen LogP contribution in [0.15, 0.2) is 54.0 Å². The van der Waals surface area contributed by atoms with Crippen molar-refractivity contribution in [3.8, 4) is 5.69 Å². The number of rotatable bonds is 6. The summed E-state index contributed by atoms with van der Waals surface area (Å²) >= 11 is 1.74. The van der Waals surface area contributed by atoms with E-state index in [0.29, 0.717) is 12.2 Å². The fraction of sp³-hybridized carbons (Fsp3) is 0.316. The van der Waals surface area contributed by atoms with Crippen LogP contribution in [0, 0.1) is 0 Å². The Labute approximate surface area is 156 Å². The highest BCUT2D eigenvalue weighted by Gasteiger charge is 2.25. The van der Waals surface area contributed by atoms with Gasteiger partial charge in [-0.15, -0.1) is 16.4 Å². The van der Waals surface area contributed by atoms with E-state index in [-0.39, 0.29) is 11.9 Å². The van der Waals surface area contributed by atoms with Crippen LogP contribution in [-0.2, 0) is 0 Å². The SMILES string of the molecule is O=C(NC[C@@H](c1cccs1)N1CCCC1)c1cnn(-c2ccccc2)n1. The third-order valence-electron chi connectivity index (χ3n) is 4.62. The molecular weight excluding hydrogens is 346 g/mol. The smallest absolute Gasteiger partial charge is 0.273 e. The highest BCUT2D eigenvalue weighted by Crippen LogP contribution is 2.27. The van der Waals surface area contributed by atoms with Gasteiger partial charge in [-0.2, -0.15) is 9.90 Å². The molecule has 2 aromatic heterocycles. The van der Waals surface area contributed by atoms with Gasteiger partial charge in [-0.1, -0.05) is 24.3 Å². The molecule has 3 aromatic rings. The molecule has 0 aliphatic carbocycles. The lowest BCUT2D eigenvalue weighted by molar-refractivity contribution is 0.0933. The van der Waals surface area contributed by atoms with Crippen LogP contribution >= 0.6 is 11.3 Å². The lowest BCUT2D eigenvalue weighted by atomic mass is 10.2. The number of benzene rings is 1. The number of thiophene rings is 1. The topological polar surface area (TPSA) is 63.1 Å². The summed E-state index contributed by atoms with van der Waals surface area (Å²) in [5.41, 5.74) is 1.17. The zero-order valence-corrected chi connectivity index (χ0v) is 15.2. The quantitative estimate of drug-likeness (QED) is 0.728. The molecule has 134 valence electrons. The minimum atomic E-state index is -0.187. The van der Waals surface area contributed by atoms with Crippen molar-refractivity contribution < 1.29 is 4.79 Å². The Morgan fingerprint density at radius 3 is 2.69 bits per heavy atom. The number of nitrogens with zero attached hydrogens (tertiary/aromatic N) is 4. The number of carbonyl (C=O) groups excluding carboxylic acids is 1. The van der Waals surface area contributed by atoms with E-state index >= 15 is 0 Å². The molecule has 7 heteroatoms. The average Bonchev–Trinajstić information content (AvgIpc) is 3.44. The maximum atomic E-state index is 12.5. The van der Waals surface area contributed by atoms with Gasteiger partial charge in [-0.25, -0.2) is 0 Å². The van der Waals surface area contributed by atoms with Gasteiger partial charge in [0.25, 0.3) is 5.91 Å². The molecule has 1 aliphatic heterocycles. The van der Waals surface area contributed by atoms with Crippen molar-refractivity contribution >= 4 is 17.2 Å². The van der Waals surface area contributed by atoms with Crippen molar-refractivity contribution in [1.29, 1.82) is 0 Å². The van der Waals surface area contributed by atoms with Crippen LogP contribution < -0.4 is 5.32 Å². The van der Waals surface area contributed by atoms with Crippen LogP contribution in [0.3, 0.4) is 0 Å². The molecule has 0 bridgehead atoms. The number of hydrogen-bond donors (Lipinski definition) is 1. The molecule has 26 heavy (non-hydrogen) atoms. The molecule has 4 rings (SSSR count). The van der Waals surface area contributed by atoms with Crippen LogP contribution in [0.4, 0.5) is 0 Å². The normalized spacial score (nSPS) is 15.8. The Morgan fingerprint density at radius 2 is 1.96 bits per heavy atom.